The van der Waals surface area contributed by atoms with Gasteiger partial charge in [-0.3, -0.25) is 0 Å². The monoisotopic (exact) mass is 188 g/mol. The number of rotatable bonds is 9. The summed E-state index contributed by atoms with van der Waals surface area (Å²) in [5, 5.41) is 0. The smallest absolute Gasteiger partial charge is 0.343 e. The Balaban J connectivity index is 0. The zero-order valence-electron chi connectivity index (χ0n) is 10.2. The van der Waals surface area contributed by atoms with Crippen LogP contribution < -0.4 is 18.9 Å². The molecule has 0 unspecified atom stereocenters. The van der Waals surface area contributed by atoms with E-state index < -0.39 is 0 Å². The van der Waals surface area contributed by atoms with Crippen LogP contribution in [0.4, 0.5) is 0 Å². The van der Waals surface area contributed by atoms with Crippen molar-refractivity contribution in [2.75, 3.05) is 0 Å². The van der Waals surface area contributed by atoms with Crippen molar-refractivity contribution in [1.29, 1.82) is 0 Å². The number of allylic oxidation sites excluding steroid dienone is 2. The molecule has 0 aromatic carbocycles. The average Bonchev–Trinajstić information content (AvgIpc) is 2.16. The first-order chi connectivity index (χ1) is 6.41. The SMILES string of the molecule is [CH2-]CCC=CCCCCCCCC.[Li+]. The van der Waals surface area contributed by atoms with Gasteiger partial charge in [-0.15, -0.1) is 0 Å². The molecule has 0 aliphatic heterocycles. The normalized spacial score (nSPS) is 10.4. The van der Waals surface area contributed by atoms with E-state index in [0.29, 0.717) is 0 Å². The Hall–Kier alpha value is 0.337. The maximum atomic E-state index is 3.80. The van der Waals surface area contributed by atoms with Crippen LogP contribution in [-0.2, 0) is 0 Å². The quantitative estimate of drug-likeness (QED) is 0.224. The molecule has 1 heteroatoms. The fourth-order valence-corrected chi connectivity index (χ4v) is 1.40. The molecule has 0 heterocycles. The maximum absolute atomic E-state index is 3.80. The van der Waals surface area contributed by atoms with Crippen LogP contribution >= 0.6 is 0 Å². The zero-order valence-corrected chi connectivity index (χ0v) is 10.2. The molecule has 0 aliphatic carbocycles. The molecule has 0 N–H and O–H groups in total. The van der Waals surface area contributed by atoms with Crippen LogP contribution in [0.1, 0.15) is 64.7 Å². The standard InChI is InChI=1S/C13H25.Li/c1-3-5-7-9-11-13-12-10-8-6-4-2;/h7,9H,1,3-6,8,10-13H2,2H3;/q-1;+1. The van der Waals surface area contributed by atoms with Crippen molar-refractivity contribution in [2.24, 2.45) is 0 Å². The average molecular weight is 188 g/mol. The van der Waals surface area contributed by atoms with Gasteiger partial charge in [-0.25, -0.2) is 0 Å². The number of unbranched alkanes of at least 4 members (excludes halogenated alkanes) is 7. The van der Waals surface area contributed by atoms with Gasteiger partial charge in [-0.1, -0.05) is 57.6 Å². The summed E-state index contributed by atoms with van der Waals surface area (Å²) in [6.07, 6.45) is 16.4. The van der Waals surface area contributed by atoms with Gasteiger partial charge in [-0.05, 0) is 12.8 Å². The number of hydrogen-bond acceptors (Lipinski definition) is 0. The second-order valence-electron chi connectivity index (χ2n) is 3.67. The predicted molar refractivity (Wildman–Crippen MR) is 61.7 cm³/mol. The van der Waals surface area contributed by atoms with Gasteiger partial charge in [0.2, 0.25) is 0 Å². The van der Waals surface area contributed by atoms with Crippen LogP contribution in [0.15, 0.2) is 12.2 Å². The summed E-state index contributed by atoms with van der Waals surface area (Å²) in [6, 6.07) is 0. The van der Waals surface area contributed by atoms with E-state index in [-0.39, 0.29) is 18.9 Å². The van der Waals surface area contributed by atoms with Gasteiger partial charge in [0.1, 0.15) is 0 Å². The van der Waals surface area contributed by atoms with Gasteiger partial charge >= 0.3 is 18.9 Å². The molecule has 0 spiro atoms. The van der Waals surface area contributed by atoms with E-state index in [2.05, 4.69) is 26.0 Å². The van der Waals surface area contributed by atoms with Crippen molar-refractivity contribution in [3.8, 4) is 0 Å². The van der Waals surface area contributed by atoms with Crippen molar-refractivity contribution >= 4 is 0 Å². The minimum absolute atomic E-state index is 0. The van der Waals surface area contributed by atoms with Gasteiger partial charge in [0.15, 0.2) is 0 Å². The Morgan fingerprint density at radius 2 is 1.43 bits per heavy atom. The third-order valence-corrected chi connectivity index (χ3v) is 2.26. The van der Waals surface area contributed by atoms with Gasteiger partial charge in [0.05, 0.1) is 0 Å². The molecule has 14 heavy (non-hydrogen) atoms. The van der Waals surface area contributed by atoms with Crippen LogP contribution in [-0.4, -0.2) is 0 Å². The van der Waals surface area contributed by atoms with E-state index in [9.17, 15) is 0 Å². The fourth-order valence-electron chi connectivity index (χ4n) is 1.40. The second kappa shape index (κ2) is 15.8. The molecular formula is C13H25Li. The summed E-state index contributed by atoms with van der Waals surface area (Å²) in [7, 11) is 0. The second-order valence-corrected chi connectivity index (χ2v) is 3.67. The van der Waals surface area contributed by atoms with Crippen molar-refractivity contribution in [3.05, 3.63) is 19.1 Å². The first-order valence-corrected chi connectivity index (χ1v) is 5.86. The molecule has 0 atom stereocenters. The van der Waals surface area contributed by atoms with Crippen molar-refractivity contribution in [2.45, 2.75) is 64.7 Å². The van der Waals surface area contributed by atoms with Gasteiger partial charge in [0.25, 0.3) is 0 Å². The topological polar surface area (TPSA) is 0 Å². The van der Waals surface area contributed by atoms with E-state index in [1.165, 1.54) is 44.9 Å². The third kappa shape index (κ3) is 14.8. The zero-order chi connectivity index (χ0) is 9.78. The molecule has 0 saturated heterocycles. The summed E-state index contributed by atoms with van der Waals surface area (Å²) < 4.78 is 0. The summed E-state index contributed by atoms with van der Waals surface area (Å²) in [6.45, 7) is 6.07. The van der Waals surface area contributed by atoms with Crippen LogP contribution in [0.25, 0.3) is 0 Å². The van der Waals surface area contributed by atoms with Gasteiger partial charge < -0.3 is 6.92 Å². The third-order valence-electron chi connectivity index (χ3n) is 2.26. The minimum Gasteiger partial charge on any atom is -0.343 e. The Labute approximate surface area is 103 Å². The molecule has 0 radical (unpaired) electrons. The van der Waals surface area contributed by atoms with Crippen LogP contribution in [0.5, 0.6) is 0 Å². The van der Waals surface area contributed by atoms with Gasteiger partial charge in [-0.2, -0.15) is 6.42 Å². The predicted octanol–water partition coefficient (Wildman–Crippen LogP) is 1.91. The Morgan fingerprint density at radius 3 is 2.07 bits per heavy atom. The molecule has 0 nitrogen and oxygen atoms in total. The molecule has 0 aliphatic rings. The fraction of sp³-hybridized carbons (Fsp3) is 0.769. The Morgan fingerprint density at radius 1 is 0.857 bits per heavy atom. The minimum atomic E-state index is 0. The van der Waals surface area contributed by atoms with Crippen LogP contribution in [0, 0.1) is 6.92 Å². The molecule has 78 valence electrons. The molecule has 0 saturated carbocycles. The summed E-state index contributed by atoms with van der Waals surface area (Å²) in [5.74, 6) is 0. The van der Waals surface area contributed by atoms with Crippen LogP contribution in [0.2, 0.25) is 0 Å². The van der Waals surface area contributed by atoms with E-state index >= 15 is 0 Å². The van der Waals surface area contributed by atoms with E-state index in [1.54, 1.807) is 0 Å². The summed E-state index contributed by atoms with van der Waals surface area (Å²) in [5.41, 5.74) is 0. The molecule has 0 rings (SSSR count). The Kier molecular flexibility index (Phi) is 18.9. The molecule has 0 aromatic rings. The van der Waals surface area contributed by atoms with Crippen molar-refractivity contribution < 1.29 is 18.9 Å². The van der Waals surface area contributed by atoms with Crippen molar-refractivity contribution in [3.63, 3.8) is 0 Å². The molecule has 0 fully saturated rings. The van der Waals surface area contributed by atoms with E-state index in [1.807, 2.05) is 0 Å². The van der Waals surface area contributed by atoms with Crippen molar-refractivity contribution in [1.82, 2.24) is 0 Å². The largest absolute Gasteiger partial charge is 1.00 e. The first-order valence-electron chi connectivity index (χ1n) is 5.86. The first kappa shape index (κ1) is 16.8. The molecule has 0 amide bonds. The molecule has 0 bridgehead atoms. The van der Waals surface area contributed by atoms with Crippen LogP contribution in [0.3, 0.4) is 0 Å². The molecular weight excluding hydrogens is 163 g/mol. The van der Waals surface area contributed by atoms with E-state index in [4.69, 9.17) is 0 Å². The summed E-state index contributed by atoms with van der Waals surface area (Å²) >= 11 is 0. The Bertz CT molecular complexity index is 108. The molecule has 0 aromatic heterocycles. The van der Waals surface area contributed by atoms with Gasteiger partial charge in [0, 0.05) is 0 Å². The number of hydrogen-bond donors (Lipinski definition) is 0. The van der Waals surface area contributed by atoms with E-state index in [0.717, 1.165) is 12.8 Å². The maximum Gasteiger partial charge on any atom is 1.00 e. The summed E-state index contributed by atoms with van der Waals surface area (Å²) in [4.78, 5) is 0.